The second kappa shape index (κ2) is 5.07. The molecule has 0 unspecified atom stereocenters. The number of fused-ring (bicyclic) bond motifs is 1. The largest absolute Gasteiger partial charge is 0.496 e. The highest BCUT2D eigenvalue weighted by Gasteiger charge is 2.12. The number of rotatable bonds is 2. The van der Waals surface area contributed by atoms with Crippen LogP contribution in [0.15, 0.2) is 35.1 Å². The molecule has 19 heavy (non-hydrogen) atoms. The molecule has 3 nitrogen and oxygen atoms in total. The summed E-state index contributed by atoms with van der Waals surface area (Å²) < 4.78 is 7.29. The van der Waals surface area contributed by atoms with Gasteiger partial charge in [0.1, 0.15) is 17.2 Å². The molecule has 0 fully saturated rings. The molecule has 0 bridgehead atoms. The molecule has 0 saturated heterocycles. The van der Waals surface area contributed by atoms with E-state index in [2.05, 4.69) is 25.9 Å². The smallest absolute Gasteiger partial charge is 0.150 e. The van der Waals surface area contributed by atoms with Crippen LogP contribution in [0.1, 0.15) is 0 Å². The lowest BCUT2D eigenvalue weighted by Gasteiger charge is -2.06. The van der Waals surface area contributed by atoms with E-state index in [1.54, 1.807) is 18.4 Å². The lowest BCUT2D eigenvalue weighted by atomic mass is 10.1. The van der Waals surface area contributed by atoms with E-state index in [1.807, 2.05) is 24.3 Å². The quantitative estimate of drug-likeness (QED) is 0.620. The van der Waals surface area contributed by atoms with E-state index >= 15 is 0 Å². The van der Waals surface area contributed by atoms with Gasteiger partial charge in [0.25, 0.3) is 0 Å². The fraction of sp³-hybridized carbons (Fsp3) is 0.0769. The van der Waals surface area contributed by atoms with Crippen molar-refractivity contribution in [1.82, 2.24) is 9.97 Å². The van der Waals surface area contributed by atoms with Crippen molar-refractivity contribution in [3.8, 4) is 16.2 Å². The third-order valence-corrected chi connectivity index (χ3v) is 4.75. The highest BCUT2D eigenvalue weighted by atomic mass is 79.9. The molecular weight excluding hydrogens is 348 g/mol. The number of ether oxygens (including phenoxy) is 1. The van der Waals surface area contributed by atoms with Gasteiger partial charge >= 0.3 is 0 Å². The molecule has 2 heterocycles. The minimum Gasteiger partial charge on any atom is -0.496 e. The van der Waals surface area contributed by atoms with Crippen LogP contribution in [-0.4, -0.2) is 17.1 Å². The van der Waals surface area contributed by atoms with E-state index in [0.717, 1.165) is 30.9 Å². The fourth-order valence-corrected chi connectivity index (χ4v) is 3.45. The van der Waals surface area contributed by atoms with E-state index in [-0.39, 0.29) is 0 Å². The van der Waals surface area contributed by atoms with E-state index in [0.29, 0.717) is 5.15 Å². The Morgan fingerprint density at radius 2 is 2.11 bits per heavy atom. The van der Waals surface area contributed by atoms with Gasteiger partial charge in [0, 0.05) is 14.9 Å². The summed E-state index contributed by atoms with van der Waals surface area (Å²) in [6, 6.07) is 7.93. The first-order chi connectivity index (χ1) is 9.19. The second-order valence-corrected chi connectivity index (χ2v) is 6.16. The highest BCUT2D eigenvalue weighted by Crippen LogP contribution is 2.40. The summed E-state index contributed by atoms with van der Waals surface area (Å²) in [6.45, 7) is 0. The highest BCUT2D eigenvalue weighted by molar-refractivity contribution is 9.10. The fourth-order valence-electron chi connectivity index (χ4n) is 1.83. The van der Waals surface area contributed by atoms with Crippen LogP contribution in [0.3, 0.4) is 0 Å². The van der Waals surface area contributed by atoms with E-state index < -0.39 is 0 Å². The van der Waals surface area contributed by atoms with Gasteiger partial charge in [-0.2, -0.15) is 0 Å². The zero-order chi connectivity index (χ0) is 13.4. The topological polar surface area (TPSA) is 35.0 Å². The minimum atomic E-state index is 0.484. The number of hydrogen-bond acceptors (Lipinski definition) is 4. The summed E-state index contributed by atoms with van der Waals surface area (Å²) in [5.41, 5.74) is 1.87. The number of nitrogens with zero attached hydrogens (tertiary/aromatic N) is 2. The first-order valence-electron chi connectivity index (χ1n) is 5.43. The molecule has 0 aliphatic carbocycles. The van der Waals surface area contributed by atoms with Crippen molar-refractivity contribution in [1.29, 1.82) is 0 Å². The zero-order valence-electron chi connectivity index (χ0n) is 9.85. The first kappa shape index (κ1) is 12.8. The lowest BCUT2D eigenvalue weighted by Crippen LogP contribution is -1.86. The molecule has 1 aromatic carbocycles. The predicted octanol–water partition coefficient (Wildman–Crippen LogP) is 4.78. The van der Waals surface area contributed by atoms with E-state index in [9.17, 15) is 0 Å². The van der Waals surface area contributed by atoms with Gasteiger partial charge in [0.15, 0.2) is 0 Å². The maximum Gasteiger partial charge on any atom is 0.150 e. The van der Waals surface area contributed by atoms with E-state index in [4.69, 9.17) is 16.3 Å². The molecule has 0 radical (unpaired) electrons. The summed E-state index contributed by atoms with van der Waals surface area (Å²) in [4.78, 5) is 9.28. The number of thiophene rings is 1. The van der Waals surface area contributed by atoms with Crippen LogP contribution in [0, 0.1) is 0 Å². The van der Waals surface area contributed by atoms with Crippen LogP contribution >= 0.6 is 38.9 Å². The van der Waals surface area contributed by atoms with Gasteiger partial charge in [-0.3, -0.25) is 0 Å². The molecule has 3 rings (SSSR count). The van der Waals surface area contributed by atoms with Crippen molar-refractivity contribution in [3.05, 3.63) is 40.2 Å². The third-order valence-electron chi connectivity index (χ3n) is 2.70. The Hall–Kier alpha value is -1.17. The summed E-state index contributed by atoms with van der Waals surface area (Å²) in [5, 5.41) is 0.484. The Bertz CT molecular complexity index is 759. The summed E-state index contributed by atoms with van der Waals surface area (Å²) in [7, 11) is 1.66. The Kier molecular flexibility index (Phi) is 3.43. The molecule has 6 heteroatoms. The van der Waals surface area contributed by atoms with Gasteiger partial charge in [0.2, 0.25) is 0 Å². The Morgan fingerprint density at radius 3 is 2.84 bits per heavy atom. The predicted molar refractivity (Wildman–Crippen MR) is 82.1 cm³/mol. The van der Waals surface area contributed by atoms with Crippen LogP contribution in [0.25, 0.3) is 20.7 Å². The molecule has 0 atom stereocenters. The van der Waals surface area contributed by atoms with Gasteiger partial charge < -0.3 is 4.74 Å². The number of hydrogen-bond donors (Lipinski definition) is 0. The summed E-state index contributed by atoms with van der Waals surface area (Å²) in [6.07, 6.45) is 1.47. The van der Waals surface area contributed by atoms with Crippen molar-refractivity contribution >= 4 is 49.1 Å². The maximum atomic E-state index is 6.08. The lowest BCUT2D eigenvalue weighted by molar-refractivity contribution is 0.416. The molecule has 0 amide bonds. The molecule has 3 aromatic rings. The van der Waals surface area contributed by atoms with E-state index in [1.165, 1.54) is 6.33 Å². The molecule has 0 spiro atoms. The summed E-state index contributed by atoms with van der Waals surface area (Å²) >= 11 is 11.1. The molecular formula is C13H8BrClN2OS. The van der Waals surface area contributed by atoms with Crippen molar-refractivity contribution in [3.63, 3.8) is 0 Å². The van der Waals surface area contributed by atoms with Crippen molar-refractivity contribution in [2.24, 2.45) is 0 Å². The molecule has 0 aliphatic rings. The number of methoxy groups -OCH3 is 1. The van der Waals surface area contributed by atoms with Crippen LogP contribution in [0.5, 0.6) is 5.75 Å². The Morgan fingerprint density at radius 1 is 1.26 bits per heavy atom. The normalized spacial score (nSPS) is 10.9. The van der Waals surface area contributed by atoms with Gasteiger partial charge in [-0.15, -0.1) is 11.3 Å². The van der Waals surface area contributed by atoms with Crippen molar-refractivity contribution in [2.45, 2.75) is 0 Å². The maximum absolute atomic E-state index is 6.08. The van der Waals surface area contributed by atoms with Gasteiger partial charge in [-0.05, 0) is 24.3 Å². The first-order valence-corrected chi connectivity index (χ1v) is 7.42. The van der Waals surface area contributed by atoms with Gasteiger partial charge in [-0.25, -0.2) is 9.97 Å². The number of halogens is 2. The monoisotopic (exact) mass is 354 g/mol. The average Bonchev–Trinajstić information content (AvgIpc) is 2.83. The molecule has 0 saturated carbocycles. The average molecular weight is 356 g/mol. The molecule has 0 N–H and O–H groups in total. The van der Waals surface area contributed by atoms with Gasteiger partial charge in [0.05, 0.1) is 17.3 Å². The van der Waals surface area contributed by atoms with Crippen LogP contribution in [-0.2, 0) is 0 Å². The number of benzene rings is 1. The van der Waals surface area contributed by atoms with Gasteiger partial charge in [-0.1, -0.05) is 27.5 Å². The Balaban J connectivity index is 2.22. The standard InChI is InChI=1S/C13H8BrClN2OS/c1-18-10-4-7(14)2-3-8(10)11-5-9-12(19-11)13(15)17-6-16-9/h2-6H,1H3. The van der Waals surface area contributed by atoms with Crippen molar-refractivity contribution < 1.29 is 4.74 Å². The number of aromatic nitrogens is 2. The molecule has 2 aromatic heterocycles. The van der Waals surface area contributed by atoms with Crippen LogP contribution in [0.2, 0.25) is 5.15 Å². The SMILES string of the molecule is COc1cc(Br)ccc1-c1cc2ncnc(Cl)c2s1. The molecule has 96 valence electrons. The Labute approximate surface area is 127 Å². The van der Waals surface area contributed by atoms with Crippen LogP contribution < -0.4 is 4.74 Å². The third kappa shape index (κ3) is 2.33. The zero-order valence-corrected chi connectivity index (χ0v) is 13.0. The van der Waals surface area contributed by atoms with Crippen molar-refractivity contribution in [2.75, 3.05) is 7.11 Å². The van der Waals surface area contributed by atoms with Crippen LogP contribution in [0.4, 0.5) is 0 Å². The summed E-state index contributed by atoms with van der Waals surface area (Å²) in [5.74, 6) is 0.810. The minimum absolute atomic E-state index is 0.484. The second-order valence-electron chi connectivity index (χ2n) is 3.83. The molecule has 0 aliphatic heterocycles.